The Bertz CT molecular complexity index is 4760. The van der Waals surface area contributed by atoms with Gasteiger partial charge in [0.25, 0.3) is 5.88 Å². The lowest BCUT2D eigenvalue weighted by atomic mass is 9.87. The minimum absolute atomic E-state index is 0.0220. The van der Waals surface area contributed by atoms with Crippen molar-refractivity contribution in [3.8, 4) is 68.7 Å². The van der Waals surface area contributed by atoms with E-state index in [0.29, 0.717) is 57.4 Å². The number of fused-ring (bicyclic) bond motifs is 5. The number of aromatic nitrogens is 13. The van der Waals surface area contributed by atoms with Crippen LogP contribution in [-0.4, -0.2) is 114 Å². The van der Waals surface area contributed by atoms with Gasteiger partial charge in [0.05, 0.1) is 104 Å². The van der Waals surface area contributed by atoms with Crippen molar-refractivity contribution in [3.63, 3.8) is 0 Å². The Kier molecular flexibility index (Phi) is 21.7. The molecule has 1 aliphatic rings. The maximum Gasteiger partial charge on any atom is 0.451 e. The second-order valence-electron chi connectivity index (χ2n) is 20.7. The predicted octanol–water partition coefficient (Wildman–Crippen LogP) is 16.2. The van der Waals surface area contributed by atoms with Crippen LogP contribution in [0.4, 0.5) is 13.2 Å². The van der Waals surface area contributed by atoms with Crippen LogP contribution in [0.3, 0.4) is 0 Å². The molecule has 26 heteroatoms. The molecule has 8 heterocycles. The van der Waals surface area contributed by atoms with E-state index in [9.17, 15) is 13.2 Å². The summed E-state index contributed by atoms with van der Waals surface area (Å²) in [5, 5.41) is 7.88. The molecule has 94 heavy (non-hydrogen) atoms. The monoisotopic (exact) mass is 1330 g/mol. The quantitative estimate of drug-likeness (QED) is 0.117. The second-order valence-corrected chi connectivity index (χ2v) is 22.4. The van der Waals surface area contributed by atoms with Gasteiger partial charge < -0.3 is 33.2 Å². The van der Waals surface area contributed by atoms with Gasteiger partial charge in [-0.2, -0.15) is 28.2 Å². The molecule has 1 fully saturated rings. The lowest BCUT2D eigenvalue weighted by molar-refractivity contribution is -0.144. The summed E-state index contributed by atoms with van der Waals surface area (Å²) < 4.78 is 76.3. The molecule has 0 atom stereocenters. The highest BCUT2D eigenvalue weighted by Gasteiger charge is 2.36. The predicted molar refractivity (Wildman–Crippen MR) is 358 cm³/mol. The highest BCUT2D eigenvalue weighted by atomic mass is 35.5. The summed E-state index contributed by atoms with van der Waals surface area (Å²) in [6.45, 7) is 3.93. The Morgan fingerprint density at radius 3 is 1.49 bits per heavy atom. The molecule has 0 radical (unpaired) electrons. The van der Waals surface area contributed by atoms with Crippen molar-refractivity contribution in [2.45, 2.75) is 58.0 Å². The van der Waals surface area contributed by atoms with E-state index in [1.807, 2.05) is 128 Å². The fourth-order valence-electron chi connectivity index (χ4n) is 10.2. The molecule has 0 amide bonds. The largest absolute Gasteiger partial charge is 0.495 e. The van der Waals surface area contributed by atoms with Gasteiger partial charge in [0, 0.05) is 29.6 Å². The number of thiophene rings is 1. The lowest BCUT2D eigenvalue weighted by Gasteiger charge is -2.22. The van der Waals surface area contributed by atoms with Crippen LogP contribution in [0.1, 0.15) is 60.9 Å². The highest BCUT2D eigenvalue weighted by Crippen LogP contribution is 2.40. The van der Waals surface area contributed by atoms with Crippen LogP contribution in [0.5, 0.6) is 40.9 Å². The molecule has 482 valence electrons. The minimum Gasteiger partial charge on any atom is -0.495 e. The zero-order valence-electron chi connectivity index (χ0n) is 52.4. The van der Waals surface area contributed by atoms with Crippen LogP contribution >= 0.6 is 34.5 Å². The molecule has 0 bridgehead atoms. The van der Waals surface area contributed by atoms with Gasteiger partial charge >= 0.3 is 6.18 Å². The molecule has 5 aromatic carbocycles. The first kappa shape index (κ1) is 66.7. The van der Waals surface area contributed by atoms with Crippen molar-refractivity contribution in [1.29, 1.82) is 0 Å². The van der Waals surface area contributed by atoms with Crippen molar-refractivity contribution in [3.05, 3.63) is 178 Å². The first-order valence-electron chi connectivity index (χ1n) is 29.2. The second kappa shape index (κ2) is 30.5. The van der Waals surface area contributed by atoms with Crippen molar-refractivity contribution >= 4 is 89.4 Å². The van der Waals surface area contributed by atoms with Crippen molar-refractivity contribution in [1.82, 2.24) is 64.6 Å². The topological polar surface area (TPSA) is 224 Å². The molecule has 0 saturated heterocycles. The van der Waals surface area contributed by atoms with Crippen LogP contribution < -0.4 is 33.2 Å². The van der Waals surface area contributed by atoms with E-state index in [1.54, 1.807) is 70.0 Å². The first-order chi connectivity index (χ1) is 45.6. The summed E-state index contributed by atoms with van der Waals surface area (Å²) >= 11 is 13.9. The molecule has 14 rings (SSSR count). The van der Waals surface area contributed by atoms with Crippen LogP contribution in [-0.2, 0) is 6.18 Å². The van der Waals surface area contributed by atoms with Crippen molar-refractivity contribution in [2.24, 2.45) is 0 Å². The zero-order chi connectivity index (χ0) is 66.5. The molecule has 20 nitrogen and oxygen atoms in total. The summed E-state index contributed by atoms with van der Waals surface area (Å²) in [4.78, 5) is 48.3. The third kappa shape index (κ3) is 15.2. The molecule has 1 saturated carbocycles. The van der Waals surface area contributed by atoms with Crippen LogP contribution in [0.15, 0.2) is 145 Å². The molecule has 0 aliphatic heterocycles. The van der Waals surface area contributed by atoms with E-state index in [4.69, 9.17) is 61.3 Å². The smallest absolute Gasteiger partial charge is 0.451 e. The van der Waals surface area contributed by atoms with Gasteiger partial charge in [0.2, 0.25) is 35.2 Å². The highest BCUT2D eigenvalue weighted by molar-refractivity contribution is 7.13. The maximum atomic E-state index is 12.7. The summed E-state index contributed by atoms with van der Waals surface area (Å²) in [7, 11) is 10.6. The summed E-state index contributed by atoms with van der Waals surface area (Å²) in [6.07, 6.45) is 5.04. The number of alkyl halides is 3. The summed E-state index contributed by atoms with van der Waals surface area (Å²) in [5.41, 5.74) is 10.4. The van der Waals surface area contributed by atoms with E-state index >= 15 is 0 Å². The molecule has 0 unspecified atom stereocenters. The number of pyridine rings is 1. The number of nitrogens with zero attached hydrogens (tertiary/aromatic N) is 13. The SMILES string of the molecule is COc1ccc2c(OC)nc(-c3ccncc3)nc2c1Cl.COc1ccc2c(OC)nc(C(F)(F)F)nc2c1Cl.COc1nc2ccccc2nc1-c1cccs1.COc1nc2ccccc2nc1-n1nc(C)cc1C.COc1nc2ccccc2nc1C1CCCCC1. The fourth-order valence-corrected chi connectivity index (χ4v) is 11.5. The van der Waals surface area contributed by atoms with Crippen molar-refractivity contribution in [2.75, 3.05) is 49.8 Å². The number of ether oxygens (including phenoxy) is 7. The van der Waals surface area contributed by atoms with Gasteiger partial charge in [0.1, 0.15) is 44.0 Å². The number of hydrogen-bond acceptors (Lipinski definition) is 20. The van der Waals surface area contributed by atoms with Crippen LogP contribution in [0, 0.1) is 13.8 Å². The van der Waals surface area contributed by atoms with Gasteiger partial charge in [0.15, 0.2) is 5.82 Å². The third-order valence-corrected chi connectivity index (χ3v) is 16.3. The average Bonchev–Trinajstić information content (AvgIpc) is 1.14. The van der Waals surface area contributed by atoms with Crippen LogP contribution in [0.25, 0.3) is 82.7 Å². The number of para-hydroxylation sites is 6. The molecule has 0 spiro atoms. The van der Waals surface area contributed by atoms with Crippen molar-refractivity contribution < 1.29 is 46.3 Å². The van der Waals surface area contributed by atoms with Gasteiger partial charge in [-0.25, -0.2) is 44.6 Å². The molecule has 8 aromatic heterocycles. The Hall–Kier alpha value is -10.2. The summed E-state index contributed by atoms with van der Waals surface area (Å²) in [5.74, 6) is 3.17. The molecule has 1 aliphatic carbocycles. The Morgan fingerprint density at radius 2 is 0.989 bits per heavy atom. The van der Waals surface area contributed by atoms with Crippen LogP contribution in [0.2, 0.25) is 10.0 Å². The number of halogens is 5. The molecular formula is C68H62Cl2F3N13O7S. The normalized spacial score (nSPS) is 12.1. The Labute approximate surface area is 552 Å². The third-order valence-electron chi connectivity index (χ3n) is 14.7. The number of benzene rings is 5. The lowest BCUT2D eigenvalue weighted by Crippen LogP contribution is -2.12. The van der Waals surface area contributed by atoms with Gasteiger partial charge in [-0.15, -0.1) is 11.3 Å². The standard InChI is InChI=1S/C15H12ClN3O2.C15H18N2O.C14H14N4O.C13H10N2OS.C11H8ClF3N2O2/c1-20-11-4-3-10-13(12(11)16)18-14(19-15(10)21-2)9-5-7-17-8-6-9;1-18-15-14(11-7-3-2-4-8-11)16-12-9-5-6-10-13(12)17-15;1-9-8-10(2)18(17-9)13-14(19-3)16-12-7-5-4-6-11(12)15-13;1-16-13-12(11-7-4-8-17-11)14-9-5-2-3-6-10(9)15-13;1-18-6-4-3-5-8(7(6)12)16-10(11(13,14)15)17-9(5)19-2/h3-8H,1-2H3;5-6,9-11H,2-4,7-8H2,1H3;4-8H,1-3H3;2-8H,1H3;3-4H,1-2H3. The minimum atomic E-state index is -4.69. The van der Waals surface area contributed by atoms with Gasteiger partial charge in [-0.3, -0.25) is 4.98 Å². The molecule has 0 N–H and O–H groups in total. The Morgan fingerprint density at radius 1 is 0.489 bits per heavy atom. The van der Waals surface area contributed by atoms with E-state index in [-0.39, 0.29) is 27.6 Å². The van der Waals surface area contributed by atoms with Gasteiger partial charge in [-0.05, 0) is 117 Å². The van der Waals surface area contributed by atoms with E-state index in [2.05, 4.69) is 54.9 Å². The number of aryl methyl sites for hydroxylation is 2. The van der Waals surface area contributed by atoms with E-state index in [1.165, 1.54) is 58.5 Å². The number of methoxy groups -OCH3 is 7. The fraction of sp³-hybridized carbons (Fsp3) is 0.235. The maximum absolute atomic E-state index is 12.7. The zero-order valence-corrected chi connectivity index (χ0v) is 54.8. The number of rotatable bonds is 11. The van der Waals surface area contributed by atoms with E-state index in [0.717, 1.165) is 71.7 Å². The number of hydrogen-bond donors (Lipinski definition) is 0. The van der Waals surface area contributed by atoms with Gasteiger partial charge in [-0.1, -0.05) is 84.9 Å². The molecule has 13 aromatic rings. The van der Waals surface area contributed by atoms with E-state index < -0.39 is 12.0 Å². The summed E-state index contributed by atoms with van der Waals surface area (Å²) in [6, 6.07) is 39.8. The Balaban J connectivity index is 0.000000128. The molecular weight excluding hydrogens is 1270 g/mol. The average molecular weight is 1330 g/mol. The first-order valence-corrected chi connectivity index (χ1v) is 30.9.